The number of rotatable bonds is 2. The van der Waals surface area contributed by atoms with Crippen LogP contribution in [0.4, 0.5) is 5.13 Å². The first-order valence-corrected chi connectivity index (χ1v) is 6.59. The molecular formula is C8H8N2O2S2. The van der Waals surface area contributed by atoms with Crippen LogP contribution in [-0.2, 0) is 10.0 Å². The molecule has 1 aromatic carbocycles. The number of nitrogens with one attached hydrogen (secondary N) is 1. The summed E-state index contributed by atoms with van der Waals surface area (Å²) in [5.41, 5.74) is 0.809. The Morgan fingerprint density at radius 2 is 2.07 bits per heavy atom. The topological polar surface area (TPSA) is 59.1 Å². The number of anilines is 1. The van der Waals surface area contributed by atoms with Gasteiger partial charge in [-0.25, -0.2) is 13.4 Å². The predicted molar refractivity (Wildman–Crippen MR) is 58.1 cm³/mol. The van der Waals surface area contributed by atoms with Gasteiger partial charge in [0.25, 0.3) is 0 Å². The number of thiazole rings is 1. The number of para-hydroxylation sites is 1. The minimum atomic E-state index is -3.23. The van der Waals surface area contributed by atoms with Crippen LogP contribution in [0.3, 0.4) is 0 Å². The van der Waals surface area contributed by atoms with E-state index in [0.717, 1.165) is 16.5 Å². The molecule has 0 saturated heterocycles. The standard InChI is InChI=1S/C8H8N2O2S2/c1-14(11,12)10-8-9-6-4-2-3-5-7(6)13-8/h2-5H,1H3,(H,9,10). The molecule has 1 heterocycles. The third-order valence-corrected chi connectivity index (χ3v) is 3.21. The average Bonchev–Trinajstić information content (AvgIpc) is 2.42. The number of aromatic nitrogens is 1. The first kappa shape index (κ1) is 9.42. The van der Waals surface area contributed by atoms with Crippen molar-refractivity contribution in [1.82, 2.24) is 4.98 Å². The number of sulfonamides is 1. The summed E-state index contributed by atoms with van der Waals surface area (Å²) in [5.74, 6) is 0. The van der Waals surface area contributed by atoms with E-state index >= 15 is 0 Å². The van der Waals surface area contributed by atoms with E-state index in [-0.39, 0.29) is 0 Å². The Morgan fingerprint density at radius 1 is 1.36 bits per heavy atom. The van der Waals surface area contributed by atoms with Crippen LogP contribution in [0.25, 0.3) is 10.2 Å². The molecule has 0 spiro atoms. The molecule has 0 aliphatic carbocycles. The van der Waals surface area contributed by atoms with Crippen LogP contribution in [0, 0.1) is 0 Å². The van der Waals surface area contributed by atoms with E-state index in [4.69, 9.17) is 0 Å². The van der Waals surface area contributed by atoms with Gasteiger partial charge in [-0.2, -0.15) is 0 Å². The molecule has 6 heteroatoms. The Morgan fingerprint density at radius 3 is 2.71 bits per heavy atom. The summed E-state index contributed by atoms with van der Waals surface area (Å²) in [6.45, 7) is 0. The van der Waals surface area contributed by atoms with E-state index in [0.29, 0.717) is 5.13 Å². The average molecular weight is 228 g/mol. The van der Waals surface area contributed by atoms with Crippen LogP contribution in [0.15, 0.2) is 24.3 Å². The maximum Gasteiger partial charge on any atom is 0.231 e. The minimum Gasteiger partial charge on any atom is -0.259 e. The molecule has 74 valence electrons. The molecule has 2 rings (SSSR count). The maximum absolute atomic E-state index is 10.9. The van der Waals surface area contributed by atoms with Gasteiger partial charge in [-0.3, -0.25) is 4.72 Å². The van der Waals surface area contributed by atoms with E-state index in [1.54, 1.807) is 0 Å². The van der Waals surface area contributed by atoms with E-state index in [2.05, 4.69) is 9.71 Å². The first-order chi connectivity index (χ1) is 6.54. The first-order valence-electron chi connectivity index (χ1n) is 3.88. The van der Waals surface area contributed by atoms with Crippen molar-refractivity contribution < 1.29 is 8.42 Å². The van der Waals surface area contributed by atoms with Gasteiger partial charge in [0.05, 0.1) is 16.5 Å². The van der Waals surface area contributed by atoms with Gasteiger partial charge >= 0.3 is 0 Å². The van der Waals surface area contributed by atoms with Crippen LogP contribution in [0.1, 0.15) is 0 Å². The molecular weight excluding hydrogens is 220 g/mol. The van der Waals surface area contributed by atoms with Gasteiger partial charge in [-0.15, -0.1) is 0 Å². The Hall–Kier alpha value is -1.14. The van der Waals surface area contributed by atoms with E-state index in [9.17, 15) is 8.42 Å². The summed E-state index contributed by atoms with van der Waals surface area (Å²) in [4.78, 5) is 4.13. The van der Waals surface area contributed by atoms with E-state index in [1.807, 2.05) is 24.3 Å². The molecule has 0 fully saturated rings. The van der Waals surface area contributed by atoms with Crippen LogP contribution in [-0.4, -0.2) is 19.7 Å². The zero-order valence-corrected chi connectivity index (χ0v) is 9.02. The van der Waals surface area contributed by atoms with Gasteiger partial charge in [-0.1, -0.05) is 23.5 Å². The lowest BCUT2D eigenvalue weighted by molar-refractivity contribution is 0.607. The van der Waals surface area contributed by atoms with Gasteiger partial charge in [0, 0.05) is 0 Å². The second kappa shape index (κ2) is 3.21. The summed E-state index contributed by atoms with van der Waals surface area (Å²) >= 11 is 1.32. The summed E-state index contributed by atoms with van der Waals surface area (Å²) in [6.07, 6.45) is 1.11. The number of nitrogens with zero attached hydrogens (tertiary/aromatic N) is 1. The number of hydrogen-bond acceptors (Lipinski definition) is 4. The van der Waals surface area contributed by atoms with Gasteiger partial charge in [0.1, 0.15) is 0 Å². The monoisotopic (exact) mass is 228 g/mol. The largest absolute Gasteiger partial charge is 0.259 e. The molecule has 0 bridgehead atoms. The van der Waals surface area contributed by atoms with Crippen molar-refractivity contribution in [1.29, 1.82) is 0 Å². The lowest BCUT2D eigenvalue weighted by Crippen LogP contribution is -2.08. The van der Waals surface area contributed by atoms with Crippen LogP contribution < -0.4 is 4.72 Å². The van der Waals surface area contributed by atoms with Gasteiger partial charge in [0.2, 0.25) is 10.0 Å². The Bertz CT molecular complexity index is 526. The molecule has 1 N–H and O–H groups in total. The lowest BCUT2D eigenvalue weighted by Gasteiger charge is -1.95. The smallest absolute Gasteiger partial charge is 0.231 e. The molecule has 14 heavy (non-hydrogen) atoms. The molecule has 0 radical (unpaired) electrons. The highest BCUT2D eigenvalue weighted by atomic mass is 32.2. The molecule has 0 unspecified atom stereocenters. The third kappa shape index (κ3) is 2.02. The molecule has 1 aromatic heterocycles. The fourth-order valence-electron chi connectivity index (χ4n) is 1.07. The van der Waals surface area contributed by atoms with Crippen molar-refractivity contribution in [2.75, 3.05) is 11.0 Å². The van der Waals surface area contributed by atoms with Gasteiger partial charge in [-0.05, 0) is 12.1 Å². The number of hydrogen-bond donors (Lipinski definition) is 1. The lowest BCUT2D eigenvalue weighted by atomic mass is 10.3. The normalized spacial score (nSPS) is 11.8. The number of fused-ring (bicyclic) bond motifs is 1. The minimum absolute atomic E-state index is 0.411. The molecule has 0 saturated carbocycles. The third-order valence-electron chi connectivity index (χ3n) is 1.57. The maximum atomic E-state index is 10.9. The molecule has 0 aliphatic heterocycles. The second-order valence-corrected chi connectivity index (χ2v) is 5.64. The quantitative estimate of drug-likeness (QED) is 0.850. The highest BCUT2D eigenvalue weighted by molar-refractivity contribution is 7.92. The van der Waals surface area contributed by atoms with Crippen molar-refractivity contribution in [3.05, 3.63) is 24.3 Å². The van der Waals surface area contributed by atoms with Crippen LogP contribution in [0.2, 0.25) is 0 Å². The fraction of sp³-hybridized carbons (Fsp3) is 0.125. The summed E-state index contributed by atoms with van der Waals surface area (Å²) in [7, 11) is -3.23. The van der Waals surface area contributed by atoms with E-state index < -0.39 is 10.0 Å². The zero-order valence-electron chi connectivity index (χ0n) is 7.39. The molecule has 0 atom stereocenters. The Balaban J connectivity index is 2.46. The summed E-state index contributed by atoms with van der Waals surface area (Å²) in [6, 6.07) is 7.51. The Kier molecular flexibility index (Phi) is 2.16. The van der Waals surface area contributed by atoms with E-state index in [1.165, 1.54) is 11.3 Å². The van der Waals surface area contributed by atoms with Crippen LogP contribution in [0.5, 0.6) is 0 Å². The predicted octanol–water partition coefficient (Wildman–Crippen LogP) is 1.67. The van der Waals surface area contributed by atoms with Gasteiger partial charge < -0.3 is 0 Å². The van der Waals surface area contributed by atoms with Crippen molar-refractivity contribution >= 4 is 36.7 Å². The van der Waals surface area contributed by atoms with Crippen LogP contribution >= 0.6 is 11.3 Å². The van der Waals surface area contributed by atoms with Crippen molar-refractivity contribution in [3.8, 4) is 0 Å². The zero-order chi connectivity index (χ0) is 10.2. The molecule has 0 amide bonds. The fourth-order valence-corrected chi connectivity index (χ4v) is 2.78. The molecule has 2 aromatic rings. The van der Waals surface area contributed by atoms with Gasteiger partial charge in [0.15, 0.2) is 5.13 Å². The van der Waals surface area contributed by atoms with Crippen molar-refractivity contribution in [2.24, 2.45) is 0 Å². The highest BCUT2D eigenvalue weighted by Crippen LogP contribution is 2.25. The molecule has 4 nitrogen and oxygen atoms in total. The summed E-state index contributed by atoms with van der Waals surface area (Å²) in [5, 5.41) is 0.411. The Labute approximate surface area is 85.6 Å². The molecule has 0 aliphatic rings. The second-order valence-electron chi connectivity index (χ2n) is 2.86. The van der Waals surface area contributed by atoms with Crippen molar-refractivity contribution in [3.63, 3.8) is 0 Å². The summed E-state index contributed by atoms with van der Waals surface area (Å²) < 4.78 is 25.2. The SMILES string of the molecule is CS(=O)(=O)Nc1nc2ccccc2s1. The van der Waals surface area contributed by atoms with Crippen molar-refractivity contribution in [2.45, 2.75) is 0 Å². The highest BCUT2D eigenvalue weighted by Gasteiger charge is 2.06. The number of benzene rings is 1.